The van der Waals surface area contributed by atoms with Crippen LogP contribution in [0.25, 0.3) is 6.08 Å². The first-order valence-corrected chi connectivity index (χ1v) is 6.46. The summed E-state index contributed by atoms with van der Waals surface area (Å²) in [5, 5.41) is 8.79. The van der Waals surface area contributed by atoms with E-state index in [1.807, 2.05) is 30.3 Å². The summed E-state index contributed by atoms with van der Waals surface area (Å²) in [5.74, 6) is -0.111. The highest BCUT2D eigenvalue weighted by Gasteiger charge is 2.02. The van der Waals surface area contributed by atoms with Crippen molar-refractivity contribution in [3.8, 4) is 6.07 Å². The van der Waals surface area contributed by atoms with Crippen LogP contribution in [0.2, 0.25) is 0 Å². The van der Waals surface area contributed by atoms with Crippen LogP contribution >= 0.6 is 15.9 Å². The lowest BCUT2D eigenvalue weighted by atomic mass is 10.1. The molecule has 2 aromatic rings. The molecule has 92 valence electrons. The lowest BCUT2D eigenvalue weighted by Gasteiger charge is -1.97. The number of halogens is 1. The molecule has 0 saturated heterocycles. The molecule has 0 heterocycles. The summed E-state index contributed by atoms with van der Waals surface area (Å²) in [4.78, 5) is 11.9. The Labute approximate surface area is 120 Å². The molecular formula is C16H10BrNO. The van der Waals surface area contributed by atoms with E-state index in [9.17, 15) is 4.79 Å². The topological polar surface area (TPSA) is 40.9 Å². The molecule has 0 saturated carbocycles. The fraction of sp³-hybridized carbons (Fsp3) is 0. The van der Waals surface area contributed by atoms with Crippen LogP contribution in [-0.2, 0) is 0 Å². The Kier molecular flexibility index (Phi) is 4.27. The Morgan fingerprint density at radius 2 is 1.89 bits per heavy atom. The fourth-order valence-electron chi connectivity index (χ4n) is 1.58. The summed E-state index contributed by atoms with van der Waals surface area (Å²) < 4.78 is 0.998. The number of nitrogens with zero attached hydrogens (tertiary/aromatic N) is 1. The summed E-state index contributed by atoms with van der Waals surface area (Å²) in [6.45, 7) is 0. The van der Waals surface area contributed by atoms with Gasteiger partial charge in [0.2, 0.25) is 0 Å². The molecule has 0 N–H and O–H groups in total. The van der Waals surface area contributed by atoms with Crippen LogP contribution in [0, 0.1) is 11.3 Å². The van der Waals surface area contributed by atoms with Crippen molar-refractivity contribution in [2.24, 2.45) is 0 Å². The van der Waals surface area contributed by atoms with Crippen molar-refractivity contribution in [3.05, 3.63) is 75.8 Å². The first-order chi connectivity index (χ1) is 9.19. The van der Waals surface area contributed by atoms with Crippen molar-refractivity contribution in [3.63, 3.8) is 0 Å². The molecule has 0 spiro atoms. The van der Waals surface area contributed by atoms with E-state index in [0.29, 0.717) is 11.1 Å². The van der Waals surface area contributed by atoms with E-state index >= 15 is 0 Å². The smallest absolute Gasteiger partial charge is 0.185 e. The number of benzene rings is 2. The third-order valence-electron chi connectivity index (χ3n) is 2.57. The van der Waals surface area contributed by atoms with Crippen molar-refractivity contribution in [2.45, 2.75) is 0 Å². The third-order valence-corrected chi connectivity index (χ3v) is 3.10. The summed E-state index contributed by atoms with van der Waals surface area (Å²) in [7, 11) is 0. The zero-order valence-corrected chi connectivity index (χ0v) is 11.6. The van der Waals surface area contributed by atoms with Crippen molar-refractivity contribution in [2.75, 3.05) is 0 Å². The molecule has 2 aromatic carbocycles. The largest absolute Gasteiger partial charge is 0.289 e. The van der Waals surface area contributed by atoms with E-state index in [4.69, 9.17) is 5.26 Å². The van der Waals surface area contributed by atoms with E-state index in [1.165, 1.54) is 6.08 Å². The molecule has 0 aliphatic heterocycles. The molecule has 2 rings (SSSR count). The van der Waals surface area contributed by atoms with Crippen molar-refractivity contribution in [1.82, 2.24) is 0 Å². The van der Waals surface area contributed by atoms with Crippen LogP contribution in [-0.4, -0.2) is 5.78 Å². The van der Waals surface area contributed by atoms with Gasteiger partial charge in [0.05, 0.1) is 11.6 Å². The monoisotopic (exact) mass is 311 g/mol. The summed E-state index contributed by atoms with van der Waals surface area (Å²) >= 11 is 3.36. The molecule has 3 heteroatoms. The molecule has 0 atom stereocenters. The van der Waals surface area contributed by atoms with E-state index < -0.39 is 0 Å². The first-order valence-electron chi connectivity index (χ1n) is 5.67. The minimum atomic E-state index is -0.111. The number of carbonyl (C=O) groups excluding carboxylic acids is 1. The highest BCUT2D eigenvalue weighted by molar-refractivity contribution is 9.10. The van der Waals surface area contributed by atoms with Gasteiger partial charge in [0.25, 0.3) is 0 Å². The summed E-state index contributed by atoms with van der Waals surface area (Å²) in [5.41, 5.74) is 1.96. The van der Waals surface area contributed by atoms with Crippen LogP contribution in [0.3, 0.4) is 0 Å². The zero-order valence-electron chi connectivity index (χ0n) is 10.0. The highest BCUT2D eigenvalue weighted by Crippen LogP contribution is 2.12. The Balaban J connectivity index is 2.16. The summed E-state index contributed by atoms with van der Waals surface area (Å²) in [6, 6.07) is 16.4. The van der Waals surface area contributed by atoms with Gasteiger partial charge in [-0.25, -0.2) is 0 Å². The molecule has 0 aliphatic carbocycles. The van der Waals surface area contributed by atoms with Crippen LogP contribution in [0.15, 0.2) is 59.1 Å². The van der Waals surface area contributed by atoms with Gasteiger partial charge in [-0.2, -0.15) is 5.26 Å². The number of allylic oxidation sites excluding steroid dienone is 1. The fourth-order valence-corrected chi connectivity index (χ4v) is 1.85. The second kappa shape index (κ2) is 6.12. The quantitative estimate of drug-likeness (QED) is 0.629. The van der Waals surface area contributed by atoms with E-state index in [0.717, 1.165) is 10.0 Å². The predicted molar refractivity (Wildman–Crippen MR) is 78.7 cm³/mol. The van der Waals surface area contributed by atoms with Gasteiger partial charge in [0.1, 0.15) is 0 Å². The number of carbonyl (C=O) groups is 1. The van der Waals surface area contributed by atoms with Gasteiger partial charge < -0.3 is 0 Å². The van der Waals surface area contributed by atoms with Gasteiger partial charge in [-0.15, -0.1) is 0 Å². The minimum absolute atomic E-state index is 0.111. The van der Waals surface area contributed by atoms with E-state index in [1.54, 1.807) is 30.3 Å². The highest BCUT2D eigenvalue weighted by atomic mass is 79.9. The molecule has 19 heavy (non-hydrogen) atoms. The SMILES string of the molecule is N#Cc1cccc(C(=O)C=Cc2ccc(Br)cc2)c1. The maximum absolute atomic E-state index is 11.9. The Morgan fingerprint density at radius 1 is 1.16 bits per heavy atom. The molecule has 0 amide bonds. The number of ketones is 1. The molecule has 0 unspecified atom stereocenters. The standard InChI is InChI=1S/C16H10BrNO/c17-15-7-4-12(5-8-15)6-9-16(19)14-3-1-2-13(10-14)11-18/h1-10H. The maximum Gasteiger partial charge on any atom is 0.185 e. The van der Waals surface area contributed by atoms with Crippen LogP contribution in [0.5, 0.6) is 0 Å². The Hall–Kier alpha value is -2.18. The average molecular weight is 312 g/mol. The molecule has 0 bridgehead atoms. The number of nitriles is 1. The minimum Gasteiger partial charge on any atom is -0.289 e. The average Bonchev–Trinajstić information content (AvgIpc) is 2.46. The molecule has 0 radical (unpaired) electrons. The Morgan fingerprint density at radius 3 is 2.58 bits per heavy atom. The molecule has 0 aliphatic rings. The zero-order chi connectivity index (χ0) is 13.7. The molecular weight excluding hydrogens is 302 g/mol. The number of hydrogen-bond acceptors (Lipinski definition) is 2. The van der Waals surface area contributed by atoms with Crippen molar-refractivity contribution >= 4 is 27.8 Å². The van der Waals surface area contributed by atoms with E-state index in [-0.39, 0.29) is 5.78 Å². The van der Waals surface area contributed by atoms with Gasteiger partial charge in [-0.1, -0.05) is 46.3 Å². The molecule has 0 fully saturated rings. The van der Waals surface area contributed by atoms with Gasteiger partial charge in [0, 0.05) is 10.0 Å². The predicted octanol–water partition coefficient (Wildman–Crippen LogP) is 4.22. The van der Waals surface area contributed by atoms with Crippen LogP contribution in [0.4, 0.5) is 0 Å². The maximum atomic E-state index is 11.9. The molecule has 0 aromatic heterocycles. The lowest BCUT2D eigenvalue weighted by Crippen LogP contribution is -1.94. The van der Waals surface area contributed by atoms with Crippen LogP contribution < -0.4 is 0 Å². The second-order valence-corrected chi connectivity index (χ2v) is 4.86. The lowest BCUT2D eigenvalue weighted by molar-refractivity contribution is 0.104. The molecule has 2 nitrogen and oxygen atoms in total. The van der Waals surface area contributed by atoms with E-state index in [2.05, 4.69) is 15.9 Å². The number of hydrogen-bond donors (Lipinski definition) is 0. The summed E-state index contributed by atoms with van der Waals surface area (Å²) in [6.07, 6.45) is 3.27. The van der Waals surface area contributed by atoms with Crippen molar-refractivity contribution < 1.29 is 4.79 Å². The first kappa shape index (κ1) is 13.3. The van der Waals surface area contributed by atoms with Gasteiger partial charge in [-0.05, 0) is 35.9 Å². The van der Waals surface area contributed by atoms with Crippen molar-refractivity contribution in [1.29, 1.82) is 5.26 Å². The van der Waals surface area contributed by atoms with Gasteiger partial charge >= 0.3 is 0 Å². The number of rotatable bonds is 3. The normalized spacial score (nSPS) is 10.3. The second-order valence-electron chi connectivity index (χ2n) is 3.94. The van der Waals surface area contributed by atoms with Crippen LogP contribution in [0.1, 0.15) is 21.5 Å². The van der Waals surface area contributed by atoms with Gasteiger partial charge in [0.15, 0.2) is 5.78 Å². The Bertz CT molecular complexity index is 666. The van der Waals surface area contributed by atoms with Gasteiger partial charge in [-0.3, -0.25) is 4.79 Å². The third kappa shape index (κ3) is 3.64.